The highest BCUT2D eigenvalue weighted by molar-refractivity contribution is 7.14. The van der Waals surface area contributed by atoms with Gasteiger partial charge in [0.25, 0.3) is 0 Å². The molecule has 0 aliphatic heterocycles. The molecule has 0 radical (unpaired) electrons. The summed E-state index contributed by atoms with van der Waals surface area (Å²) in [5.74, 6) is -0.690. The maximum Gasteiger partial charge on any atom is 0.363 e. The number of nitrogens with one attached hydrogen (secondary N) is 1. The van der Waals surface area contributed by atoms with E-state index in [1.54, 1.807) is 5.38 Å². The second kappa shape index (κ2) is 16.2. The minimum atomic E-state index is -1.21. The van der Waals surface area contributed by atoms with Crippen LogP contribution in [-0.4, -0.2) is 23.3 Å². The Labute approximate surface area is 313 Å². The minimum Gasteiger partial charge on any atom is -0.457 e. The second-order valence-electron chi connectivity index (χ2n) is 12.2. The molecule has 0 aliphatic carbocycles. The lowest BCUT2D eigenvalue weighted by molar-refractivity contribution is -0.134. The van der Waals surface area contributed by atoms with E-state index in [-0.39, 0.29) is 12.3 Å². The van der Waals surface area contributed by atoms with Crippen LogP contribution in [0.15, 0.2) is 205 Å². The zero-order valence-corrected chi connectivity index (χ0v) is 29.7. The lowest BCUT2D eigenvalue weighted by Gasteiger charge is -2.36. The molecule has 7 heteroatoms. The molecule has 1 heterocycles. The summed E-state index contributed by atoms with van der Waals surface area (Å²) in [6, 6.07) is 60.4. The average Bonchev–Trinajstić information content (AvgIpc) is 3.70. The first-order valence-corrected chi connectivity index (χ1v) is 18.1. The SMILES string of the molecule is C=CCOC(=O)/C(=N\OC(c1ccccc1)(c1ccccc1)c1ccccc1)c1csc(NC(c2ccccc2)(c2ccccc2)c2ccccc2)n1. The average molecular weight is 712 g/mol. The highest BCUT2D eigenvalue weighted by atomic mass is 32.1. The van der Waals surface area contributed by atoms with Crippen molar-refractivity contribution in [3.8, 4) is 0 Å². The summed E-state index contributed by atoms with van der Waals surface area (Å²) in [5, 5.41) is 10.8. The maximum absolute atomic E-state index is 13.9. The van der Waals surface area contributed by atoms with E-state index < -0.39 is 17.1 Å². The molecule has 53 heavy (non-hydrogen) atoms. The number of thiazole rings is 1. The van der Waals surface area contributed by atoms with Crippen LogP contribution < -0.4 is 5.32 Å². The lowest BCUT2D eigenvalue weighted by Crippen LogP contribution is -2.38. The molecule has 0 unspecified atom stereocenters. The number of carbonyl (C=O) groups is 1. The van der Waals surface area contributed by atoms with Crippen LogP contribution in [0.4, 0.5) is 5.13 Å². The molecule has 7 rings (SSSR count). The number of nitrogens with zero attached hydrogens (tertiary/aromatic N) is 2. The Hall–Kier alpha value is -6.57. The van der Waals surface area contributed by atoms with Crippen molar-refractivity contribution in [3.63, 3.8) is 0 Å². The standard InChI is InChI=1S/C46H37N3O3S/c1-2-33-51-43(50)42(49-52-46(38-27-15-6-16-28-38,39-29-17-7-18-30-39)40-31-19-8-20-32-40)41-34-53-44(47-41)48-45(35-21-9-3-10-22-35,36-23-11-4-12-24-36)37-25-13-5-14-26-37/h2-32,34H,1,33H2,(H,47,48)/b49-42-. The molecule has 1 N–H and O–H groups in total. The molecule has 0 spiro atoms. The van der Waals surface area contributed by atoms with Gasteiger partial charge in [-0.25, -0.2) is 9.78 Å². The Kier molecular flexibility index (Phi) is 10.6. The quantitative estimate of drug-likeness (QED) is 0.0400. The number of esters is 1. The zero-order chi connectivity index (χ0) is 36.4. The Morgan fingerprint density at radius 3 is 1.38 bits per heavy atom. The van der Waals surface area contributed by atoms with E-state index in [4.69, 9.17) is 14.6 Å². The molecule has 0 bridgehead atoms. The monoisotopic (exact) mass is 711 g/mol. The predicted molar refractivity (Wildman–Crippen MR) is 213 cm³/mol. The molecule has 260 valence electrons. The van der Waals surface area contributed by atoms with Crippen LogP contribution in [0.2, 0.25) is 0 Å². The summed E-state index contributed by atoms with van der Waals surface area (Å²) in [4.78, 5) is 25.6. The van der Waals surface area contributed by atoms with Crippen molar-refractivity contribution in [2.24, 2.45) is 5.16 Å². The third-order valence-corrected chi connectivity index (χ3v) is 9.76. The second-order valence-corrected chi connectivity index (χ2v) is 13.1. The van der Waals surface area contributed by atoms with E-state index in [2.05, 4.69) is 53.4 Å². The largest absolute Gasteiger partial charge is 0.457 e. The Bertz CT molecular complexity index is 2070. The molecule has 7 aromatic rings. The number of carbonyl (C=O) groups excluding carboxylic acids is 1. The highest BCUT2D eigenvalue weighted by Gasteiger charge is 2.41. The van der Waals surface area contributed by atoms with Crippen molar-refractivity contribution in [3.05, 3.63) is 239 Å². The zero-order valence-electron chi connectivity index (χ0n) is 28.9. The van der Waals surface area contributed by atoms with E-state index in [1.807, 2.05) is 146 Å². The van der Waals surface area contributed by atoms with Crippen LogP contribution in [-0.2, 0) is 25.5 Å². The number of anilines is 1. The van der Waals surface area contributed by atoms with Gasteiger partial charge in [-0.2, -0.15) is 0 Å². The van der Waals surface area contributed by atoms with Crippen LogP contribution in [0, 0.1) is 0 Å². The van der Waals surface area contributed by atoms with Gasteiger partial charge in [0.15, 0.2) is 5.13 Å². The van der Waals surface area contributed by atoms with Gasteiger partial charge >= 0.3 is 5.97 Å². The number of aromatic nitrogens is 1. The number of benzene rings is 6. The van der Waals surface area contributed by atoms with Gasteiger partial charge in [0, 0.05) is 22.1 Å². The van der Waals surface area contributed by atoms with Gasteiger partial charge in [-0.15, -0.1) is 11.3 Å². The summed E-state index contributed by atoms with van der Waals surface area (Å²) >= 11 is 1.37. The van der Waals surface area contributed by atoms with Crippen LogP contribution in [0.1, 0.15) is 39.1 Å². The van der Waals surface area contributed by atoms with Gasteiger partial charge < -0.3 is 14.9 Å². The van der Waals surface area contributed by atoms with E-state index >= 15 is 0 Å². The number of hydrogen-bond donors (Lipinski definition) is 1. The first-order chi connectivity index (χ1) is 26.1. The van der Waals surface area contributed by atoms with E-state index in [1.165, 1.54) is 17.4 Å². The predicted octanol–water partition coefficient (Wildman–Crippen LogP) is 9.99. The van der Waals surface area contributed by atoms with Crippen molar-refractivity contribution < 1.29 is 14.4 Å². The van der Waals surface area contributed by atoms with Gasteiger partial charge in [-0.3, -0.25) is 0 Å². The molecular formula is C46H37N3O3S. The minimum absolute atomic E-state index is 0.00652. The van der Waals surface area contributed by atoms with Gasteiger partial charge in [0.1, 0.15) is 17.8 Å². The third kappa shape index (κ3) is 7.16. The first kappa shape index (κ1) is 34.9. The molecular weight excluding hydrogens is 675 g/mol. The van der Waals surface area contributed by atoms with Crippen LogP contribution >= 0.6 is 11.3 Å². The van der Waals surface area contributed by atoms with Gasteiger partial charge in [-0.05, 0) is 16.7 Å². The fraction of sp³-hybridized carbons (Fsp3) is 0.0652. The van der Waals surface area contributed by atoms with E-state index in [0.717, 1.165) is 33.4 Å². The Balaban J connectivity index is 1.37. The fourth-order valence-electron chi connectivity index (χ4n) is 6.56. The normalized spacial score (nSPS) is 11.7. The van der Waals surface area contributed by atoms with Crippen molar-refractivity contribution in [1.29, 1.82) is 0 Å². The summed E-state index contributed by atoms with van der Waals surface area (Å²) < 4.78 is 5.58. The Morgan fingerprint density at radius 2 is 1.00 bits per heavy atom. The van der Waals surface area contributed by atoms with E-state index in [0.29, 0.717) is 10.8 Å². The number of rotatable bonds is 14. The number of hydrogen-bond acceptors (Lipinski definition) is 7. The molecule has 0 saturated carbocycles. The summed E-state index contributed by atoms with van der Waals surface area (Å²) in [5.41, 5.74) is 3.76. The number of oxime groups is 1. The van der Waals surface area contributed by atoms with E-state index in [9.17, 15) is 4.79 Å². The van der Waals surface area contributed by atoms with Crippen molar-refractivity contribution in [1.82, 2.24) is 4.98 Å². The van der Waals surface area contributed by atoms with Crippen LogP contribution in [0.3, 0.4) is 0 Å². The summed E-state index contributed by atoms with van der Waals surface area (Å²) in [7, 11) is 0. The van der Waals surface area contributed by atoms with Crippen LogP contribution in [0.5, 0.6) is 0 Å². The lowest BCUT2D eigenvalue weighted by atomic mass is 9.77. The van der Waals surface area contributed by atoms with Gasteiger partial charge in [0.05, 0.1) is 0 Å². The highest BCUT2D eigenvalue weighted by Crippen LogP contribution is 2.42. The topological polar surface area (TPSA) is 72.8 Å². The van der Waals surface area contributed by atoms with Crippen molar-refractivity contribution in [2.75, 3.05) is 11.9 Å². The van der Waals surface area contributed by atoms with Gasteiger partial charge in [-0.1, -0.05) is 200 Å². The van der Waals surface area contributed by atoms with Gasteiger partial charge in [0.2, 0.25) is 11.3 Å². The number of ether oxygens (including phenoxy) is 1. The van der Waals surface area contributed by atoms with Crippen molar-refractivity contribution >= 4 is 28.1 Å². The molecule has 0 fully saturated rings. The molecule has 0 saturated heterocycles. The maximum atomic E-state index is 13.9. The molecule has 0 atom stereocenters. The summed E-state index contributed by atoms with van der Waals surface area (Å²) in [6.07, 6.45) is 1.51. The smallest absolute Gasteiger partial charge is 0.363 e. The molecule has 6 nitrogen and oxygen atoms in total. The summed E-state index contributed by atoms with van der Waals surface area (Å²) in [6.45, 7) is 3.72. The molecule has 1 aromatic heterocycles. The Morgan fingerprint density at radius 1 is 0.623 bits per heavy atom. The molecule has 0 aliphatic rings. The molecule has 6 aromatic carbocycles. The third-order valence-electron chi connectivity index (χ3n) is 9.00. The fourth-order valence-corrected chi connectivity index (χ4v) is 7.31. The molecule has 0 amide bonds. The van der Waals surface area contributed by atoms with Crippen molar-refractivity contribution in [2.45, 2.75) is 11.1 Å². The first-order valence-electron chi connectivity index (χ1n) is 17.3. The van der Waals surface area contributed by atoms with Crippen LogP contribution in [0.25, 0.3) is 0 Å².